The van der Waals surface area contributed by atoms with Crippen molar-refractivity contribution in [2.24, 2.45) is 0 Å². The summed E-state index contributed by atoms with van der Waals surface area (Å²) in [6.07, 6.45) is 1.37. The predicted octanol–water partition coefficient (Wildman–Crippen LogP) is 2.74. The molecule has 2 atom stereocenters. The molecule has 0 spiro atoms. The van der Waals surface area contributed by atoms with Gasteiger partial charge in [-0.05, 0) is 35.7 Å². The standard InChI is InChI=1S/C20H23N3O3/c1-3-6-17-19(25)23(20(26)22-17)12-18(24)21-13(2)15-10-9-14-7-4-5-8-16(14)11-15/h4-5,7-11,13,17H,3,6,12H2,1-2H3,(H,21,24)(H,22,26). The van der Waals surface area contributed by atoms with E-state index in [-0.39, 0.29) is 24.4 Å². The van der Waals surface area contributed by atoms with Crippen molar-refractivity contribution in [1.82, 2.24) is 15.5 Å². The largest absolute Gasteiger partial charge is 0.348 e. The molecule has 1 fully saturated rings. The molecule has 1 heterocycles. The van der Waals surface area contributed by atoms with E-state index < -0.39 is 12.1 Å². The van der Waals surface area contributed by atoms with Crippen LogP contribution in [0.3, 0.4) is 0 Å². The van der Waals surface area contributed by atoms with Gasteiger partial charge in [-0.15, -0.1) is 0 Å². The Kier molecular flexibility index (Phi) is 5.21. The van der Waals surface area contributed by atoms with Gasteiger partial charge in [0.15, 0.2) is 0 Å². The lowest BCUT2D eigenvalue weighted by Gasteiger charge is -2.18. The molecule has 3 rings (SSSR count). The maximum absolute atomic E-state index is 12.3. The fraction of sp³-hybridized carbons (Fsp3) is 0.350. The first kappa shape index (κ1) is 17.9. The number of hydrogen-bond donors (Lipinski definition) is 2. The molecule has 0 radical (unpaired) electrons. The molecule has 4 amide bonds. The van der Waals surface area contributed by atoms with Crippen molar-refractivity contribution < 1.29 is 14.4 Å². The summed E-state index contributed by atoms with van der Waals surface area (Å²) in [5, 5.41) is 7.72. The topological polar surface area (TPSA) is 78.5 Å². The van der Waals surface area contributed by atoms with Crippen LogP contribution in [0.25, 0.3) is 10.8 Å². The van der Waals surface area contributed by atoms with Crippen LogP contribution < -0.4 is 10.6 Å². The first-order valence-electron chi connectivity index (χ1n) is 8.89. The Morgan fingerprint density at radius 2 is 1.92 bits per heavy atom. The molecule has 1 saturated heterocycles. The maximum Gasteiger partial charge on any atom is 0.325 e. The lowest BCUT2D eigenvalue weighted by molar-refractivity contribution is -0.132. The number of fused-ring (bicyclic) bond motifs is 1. The number of benzene rings is 2. The first-order chi connectivity index (χ1) is 12.5. The molecule has 6 nitrogen and oxygen atoms in total. The fourth-order valence-electron chi connectivity index (χ4n) is 3.20. The summed E-state index contributed by atoms with van der Waals surface area (Å²) in [4.78, 5) is 37.4. The van der Waals surface area contributed by atoms with E-state index in [1.807, 2.05) is 56.3 Å². The molecule has 1 aliphatic heterocycles. The summed E-state index contributed by atoms with van der Waals surface area (Å²) in [6, 6.07) is 12.8. The third-order valence-electron chi connectivity index (χ3n) is 4.64. The number of urea groups is 1. The molecule has 2 aromatic carbocycles. The molecule has 136 valence electrons. The quantitative estimate of drug-likeness (QED) is 0.784. The Hall–Kier alpha value is -2.89. The minimum absolute atomic E-state index is 0.223. The van der Waals surface area contributed by atoms with Crippen molar-refractivity contribution in [2.45, 2.75) is 38.8 Å². The number of carbonyl (C=O) groups is 3. The molecule has 0 aromatic heterocycles. The zero-order valence-electron chi connectivity index (χ0n) is 15.0. The van der Waals surface area contributed by atoms with Crippen LogP contribution in [-0.4, -0.2) is 35.3 Å². The third-order valence-corrected chi connectivity index (χ3v) is 4.64. The fourth-order valence-corrected chi connectivity index (χ4v) is 3.20. The van der Waals surface area contributed by atoms with Crippen LogP contribution in [0.1, 0.15) is 38.3 Å². The summed E-state index contributed by atoms with van der Waals surface area (Å²) < 4.78 is 0. The van der Waals surface area contributed by atoms with Gasteiger partial charge in [-0.25, -0.2) is 4.79 Å². The smallest absolute Gasteiger partial charge is 0.325 e. The number of imide groups is 1. The van der Waals surface area contributed by atoms with E-state index in [1.165, 1.54) is 0 Å². The van der Waals surface area contributed by atoms with Crippen LogP contribution in [0.4, 0.5) is 4.79 Å². The van der Waals surface area contributed by atoms with Gasteiger partial charge in [-0.3, -0.25) is 14.5 Å². The molecular weight excluding hydrogens is 330 g/mol. The molecular formula is C20H23N3O3. The summed E-state index contributed by atoms with van der Waals surface area (Å²) >= 11 is 0. The second-order valence-electron chi connectivity index (χ2n) is 6.61. The average Bonchev–Trinajstić information content (AvgIpc) is 2.89. The molecule has 0 saturated carbocycles. The molecule has 26 heavy (non-hydrogen) atoms. The molecule has 2 aromatic rings. The molecule has 6 heteroatoms. The van der Waals surface area contributed by atoms with E-state index in [1.54, 1.807) is 0 Å². The normalized spacial score (nSPS) is 18.1. The van der Waals surface area contributed by atoms with Crippen LogP contribution in [0.15, 0.2) is 42.5 Å². The van der Waals surface area contributed by atoms with Gasteiger partial charge in [0.25, 0.3) is 5.91 Å². The van der Waals surface area contributed by atoms with Crippen molar-refractivity contribution in [3.8, 4) is 0 Å². The minimum Gasteiger partial charge on any atom is -0.348 e. The molecule has 0 aliphatic carbocycles. The Morgan fingerprint density at radius 1 is 1.19 bits per heavy atom. The Labute approximate surface area is 152 Å². The van der Waals surface area contributed by atoms with Crippen LogP contribution in [-0.2, 0) is 9.59 Å². The average molecular weight is 353 g/mol. The molecule has 1 aliphatic rings. The van der Waals surface area contributed by atoms with E-state index >= 15 is 0 Å². The van der Waals surface area contributed by atoms with E-state index in [0.717, 1.165) is 27.7 Å². The van der Waals surface area contributed by atoms with Crippen molar-refractivity contribution >= 4 is 28.6 Å². The number of nitrogens with one attached hydrogen (secondary N) is 2. The Morgan fingerprint density at radius 3 is 2.65 bits per heavy atom. The summed E-state index contributed by atoms with van der Waals surface area (Å²) in [6.45, 7) is 3.57. The van der Waals surface area contributed by atoms with Gasteiger partial charge < -0.3 is 10.6 Å². The highest BCUT2D eigenvalue weighted by Gasteiger charge is 2.38. The van der Waals surface area contributed by atoms with Gasteiger partial charge in [0.1, 0.15) is 12.6 Å². The number of nitrogens with zero attached hydrogens (tertiary/aromatic N) is 1. The molecule has 2 N–H and O–H groups in total. The third kappa shape index (κ3) is 3.69. The van der Waals surface area contributed by atoms with Gasteiger partial charge in [0, 0.05) is 0 Å². The second kappa shape index (κ2) is 7.56. The zero-order chi connectivity index (χ0) is 18.7. The molecule has 0 bridgehead atoms. The molecule has 2 unspecified atom stereocenters. The second-order valence-corrected chi connectivity index (χ2v) is 6.61. The summed E-state index contributed by atoms with van der Waals surface area (Å²) in [5.74, 6) is -0.684. The van der Waals surface area contributed by atoms with Gasteiger partial charge >= 0.3 is 6.03 Å². The highest BCUT2D eigenvalue weighted by Crippen LogP contribution is 2.20. The van der Waals surface area contributed by atoms with Crippen molar-refractivity contribution in [3.63, 3.8) is 0 Å². The van der Waals surface area contributed by atoms with Gasteiger partial charge in [0.05, 0.1) is 6.04 Å². The first-order valence-corrected chi connectivity index (χ1v) is 8.89. The van der Waals surface area contributed by atoms with Crippen LogP contribution in [0, 0.1) is 0 Å². The maximum atomic E-state index is 12.3. The predicted molar refractivity (Wildman–Crippen MR) is 99.4 cm³/mol. The minimum atomic E-state index is -0.516. The summed E-state index contributed by atoms with van der Waals surface area (Å²) in [5.41, 5.74) is 0.970. The van der Waals surface area contributed by atoms with Crippen molar-refractivity contribution in [1.29, 1.82) is 0 Å². The number of amides is 4. The van der Waals surface area contributed by atoms with E-state index in [0.29, 0.717) is 6.42 Å². The van der Waals surface area contributed by atoms with E-state index in [2.05, 4.69) is 10.6 Å². The Bertz CT molecular complexity index is 849. The highest BCUT2D eigenvalue weighted by atomic mass is 16.2. The number of carbonyl (C=O) groups excluding carboxylic acids is 3. The monoisotopic (exact) mass is 353 g/mol. The van der Waals surface area contributed by atoms with E-state index in [4.69, 9.17) is 0 Å². The van der Waals surface area contributed by atoms with Gasteiger partial charge in [-0.2, -0.15) is 0 Å². The van der Waals surface area contributed by atoms with Gasteiger partial charge in [-0.1, -0.05) is 49.7 Å². The number of hydrogen-bond acceptors (Lipinski definition) is 3. The van der Waals surface area contributed by atoms with E-state index in [9.17, 15) is 14.4 Å². The lowest BCUT2D eigenvalue weighted by atomic mass is 10.0. The zero-order valence-corrected chi connectivity index (χ0v) is 15.0. The lowest BCUT2D eigenvalue weighted by Crippen LogP contribution is -2.41. The highest BCUT2D eigenvalue weighted by molar-refractivity contribution is 6.06. The van der Waals surface area contributed by atoms with Crippen molar-refractivity contribution in [2.75, 3.05) is 6.54 Å². The SMILES string of the molecule is CCCC1NC(=O)N(CC(=O)NC(C)c2ccc3ccccc3c2)C1=O. The van der Waals surface area contributed by atoms with Crippen LogP contribution in [0.5, 0.6) is 0 Å². The Balaban J connectivity index is 1.63. The van der Waals surface area contributed by atoms with Gasteiger partial charge in [0.2, 0.25) is 5.91 Å². The van der Waals surface area contributed by atoms with Crippen LogP contribution >= 0.6 is 0 Å². The number of rotatable bonds is 6. The van der Waals surface area contributed by atoms with Crippen LogP contribution in [0.2, 0.25) is 0 Å². The summed E-state index contributed by atoms with van der Waals surface area (Å²) in [7, 11) is 0. The van der Waals surface area contributed by atoms with Crippen molar-refractivity contribution in [3.05, 3.63) is 48.0 Å².